The zero-order valence-corrected chi connectivity index (χ0v) is 20.4. The topological polar surface area (TPSA) is 128 Å². The third-order valence-corrected chi connectivity index (χ3v) is 7.31. The quantitative estimate of drug-likeness (QED) is 0.314. The highest BCUT2D eigenvalue weighted by Crippen LogP contribution is 2.37. The lowest BCUT2D eigenvalue weighted by Crippen LogP contribution is -2.25. The van der Waals surface area contributed by atoms with Gasteiger partial charge in [0.25, 0.3) is 0 Å². The molecule has 0 radical (unpaired) electrons. The highest BCUT2D eigenvalue weighted by Gasteiger charge is 2.26. The first-order chi connectivity index (χ1) is 17.0. The van der Waals surface area contributed by atoms with Gasteiger partial charge in [0.2, 0.25) is 5.91 Å². The molecule has 0 spiro atoms. The van der Waals surface area contributed by atoms with Crippen molar-refractivity contribution >= 4 is 40.0 Å². The van der Waals surface area contributed by atoms with Crippen LogP contribution >= 0.6 is 23.1 Å². The Morgan fingerprint density at radius 2 is 1.66 bits per heavy atom. The number of carbonyl (C=O) groups is 1. The first-order valence-electron chi connectivity index (χ1n) is 10.7. The van der Waals surface area contributed by atoms with Crippen molar-refractivity contribution in [1.29, 1.82) is 10.5 Å². The second-order valence-electron chi connectivity index (χ2n) is 7.42. The lowest BCUT2D eigenvalue weighted by Gasteiger charge is -2.17. The number of pyridine rings is 1. The lowest BCUT2D eigenvalue weighted by molar-refractivity contribution is -0.115. The van der Waals surface area contributed by atoms with E-state index >= 15 is 0 Å². The van der Waals surface area contributed by atoms with Gasteiger partial charge >= 0.3 is 0 Å². The van der Waals surface area contributed by atoms with Gasteiger partial charge < -0.3 is 11.1 Å². The number of hydrogen-bond donors (Lipinski definition) is 2. The Morgan fingerprint density at radius 3 is 2.26 bits per heavy atom. The fourth-order valence-electron chi connectivity index (χ4n) is 3.49. The zero-order chi connectivity index (χ0) is 24.8. The predicted molar refractivity (Wildman–Crippen MR) is 140 cm³/mol. The van der Waals surface area contributed by atoms with Crippen molar-refractivity contribution in [3.05, 3.63) is 77.2 Å². The minimum absolute atomic E-state index is 0.0236. The van der Waals surface area contributed by atoms with E-state index in [1.807, 2.05) is 73.0 Å². The molecular weight excluding hydrogens is 476 g/mol. The largest absolute Gasteiger partial charge is 0.383 e. The summed E-state index contributed by atoms with van der Waals surface area (Å²) < 4.78 is 0. The fourth-order valence-corrected chi connectivity index (χ4v) is 5.23. The number of nitrogens with zero attached hydrogens (tertiary/aromatic N) is 4. The summed E-state index contributed by atoms with van der Waals surface area (Å²) in [6.07, 6.45) is 0.487. The van der Waals surface area contributed by atoms with E-state index in [1.54, 1.807) is 0 Å². The van der Waals surface area contributed by atoms with E-state index in [-0.39, 0.29) is 22.9 Å². The molecule has 0 aliphatic rings. The van der Waals surface area contributed by atoms with E-state index < -0.39 is 5.25 Å². The molecule has 0 aliphatic heterocycles. The monoisotopic (exact) mass is 496 g/mol. The van der Waals surface area contributed by atoms with Crippen molar-refractivity contribution in [2.45, 2.75) is 23.6 Å². The molecule has 0 saturated carbocycles. The van der Waals surface area contributed by atoms with Crippen LogP contribution in [0.1, 0.15) is 24.5 Å². The van der Waals surface area contributed by atoms with Gasteiger partial charge in [0.15, 0.2) is 5.13 Å². The van der Waals surface area contributed by atoms with E-state index in [1.165, 1.54) is 11.3 Å². The van der Waals surface area contributed by atoms with Gasteiger partial charge in [-0.1, -0.05) is 79.3 Å². The van der Waals surface area contributed by atoms with E-state index in [0.717, 1.165) is 23.0 Å². The van der Waals surface area contributed by atoms with Crippen molar-refractivity contribution in [3.8, 4) is 34.5 Å². The molecule has 4 rings (SSSR count). The summed E-state index contributed by atoms with van der Waals surface area (Å²) in [4.78, 5) is 21.9. The summed E-state index contributed by atoms with van der Waals surface area (Å²) in [5.41, 5.74) is 9.33. The van der Waals surface area contributed by atoms with E-state index in [0.29, 0.717) is 27.7 Å². The van der Waals surface area contributed by atoms with Crippen LogP contribution in [0.5, 0.6) is 0 Å². The molecule has 2 aromatic carbocycles. The molecule has 4 aromatic rings. The second-order valence-corrected chi connectivity index (χ2v) is 9.47. The molecule has 0 saturated heterocycles. The van der Waals surface area contributed by atoms with Gasteiger partial charge in [-0.2, -0.15) is 10.5 Å². The lowest BCUT2D eigenvalue weighted by atomic mass is 9.97. The van der Waals surface area contributed by atoms with Gasteiger partial charge in [0.1, 0.15) is 28.5 Å². The molecule has 2 aromatic heterocycles. The number of benzene rings is 2. The molecule has 3 N–H and O–H groups in total. The van der Waals surface area contributed by atoms with Gasteiger partial charge in [-0.05, 0) is 12.0 Å². The SMILES string of the molecule is CCC(Sc1nc(N)c(C#N)c(-c2ccccc2)c1C#N)C(=O)Nc1nc(-c2ccccc2)cs1. The fraction of sp³-hybridized carbons (Fsp3) is 0.115. The third-order valence-electron chi connectivity index (χ3n) is 5.20. The molecule has 172 valence electrons. The van der Waals surface area contributed by atoms with Crippen LogP contribution in [-0.4, -0.2) is 21.1 Å². The van der Waals surface area contributed by atoms with E-state index in [2.05, 4.69) is 27.4 Å². The molecule has 1 atom stereocenters. The van der Waals surface area contributed by atoms with Crippen LogP contribution < -0.4 is 11.1 Å². The number of nitriles is 2. The Morgan fingerprint density at radius 1 is 1.03 bits per heavy atom. The Kier molecular flexibility index (Phi) is 7.41. The maximum Gasteiger partial charge on any atom is 0.239 e. The Labute approximate surface area is 211 Å². The molecule has 2 heterocycles. The number of thioether (sulfide) groups is 1. The highest BCUT2D eigenvalue weighted by atomic mass is 32.2. The van der Waals surface area contributed by atoms with Crippen molar-refractivity contribution in [1.82, 2.24) is 9.97 Å². The number of nitrogens with one attached hydrogen (secondary N) is 1. The number of nitrogens with two attached hydrogens (primary N) is 1. The van der Waals surface area contributed by atoms with Gasteiger partial charge in [-0.3, -0.25) is 4.79 Å². The molecule has 1 unspecified atom stereocenters. The van der Waals surface area contributed by atoms with Crippen molar-refractivity contribution in [3.63, 3.8) is 0 Å². The van der Waals surface area contributed by atoms with Crippen LogP contribution in [0.3, 0.4) is 0 Å². The summed E-state index contributed by atoms with van der Waals surface area (Å²) in [6, 6.07) is 23.1. The van der Waals surface area contributed by atoms with Crippen molar-refractivity contribution < 1.29 is 4.79 Å². The highest BCUT2D eigenvalue weighted by molar-refractivity contribution is 8.00. The maximum absolute atomic E-state index is 13.1. The van der Waals surface area contributed by atoms with Gasteiger partial charge in [-0.25, -0.2) is 9.97 Å². The van der Waals surface area contributed by atoms with E-state index in [4.69, 9.17) is 5.73 Å². The summed E-state index contributed by atoms with van der Waals surface area (Å²) in [7, 11) is 0. The molecule has 0 bridgehead atoms. The Hall–Kier alpha value is -4.18. The Bertz CT molecular complexity index is 1440. The molecule has 1 amide bonds. The Balaban J connectivity index is 1.62. The molecular formula is C26H20N6OS2. The molecule has 9 heteroatoms. The number of hydrogen-bond acceptors (Lipinski definition) is 8. The van der Waals surface area contributed by atoms with Gasteiger partial charge in [0.05, 0.1) is 16.5 Å². The number of carbonyl (C=O) groups excluding carboxylic acids is 1. The van der Waals surface area contributed by atoms with Crippen LogP contribution in [0.25, 0.3) is 22.4 Å². The van der Waals surface area contributed by atoms with Crippen LogP contribution in [0, 0.1) is 22.7 Å². The minimum atomic E-state index is -0.547. The minimum Gasteiger partial charge on any atom is -0.383 e. The van der Waals surface area contributed by atoms with Crippen LogP contribution in [0.4, 0.5) is 10.9 Å². The predicted octanol–water partition coefficient (Wildman–Crippen LogP) is 5.71. The molecule has 0 fully saturated rings. The standard InChI is InChI=1S/C26H20N6OS2/c1-2-21(24(33)32-26-30-20(15-34-26)16-9-5-3-6-10-16)35-25-19(14-28)22(17-11-7-4-8-12-17)18(13-27)23(29)31-25/h3-12,15,21H,2H2,1H3,(H2,29,31)(H,30,32,33). The molecule has 0 aliphatic carbocycles. The number of anilines is 2. The second kappa shape index (κ2) is 10.8. The van der Waals surface area contributed by atoms with E-state index in [9.17, 15) is 15.3 Å². The number of nitrogen functional groups attached to an aromatic ring is 1. The molecule has 35 heavy (non-hydrogen) atoms. The first kappa shape index (κ1) is 24.0. The summed E-state index contributed by atoms with van der Waals surface area (Å²) >= 11 is 2.50. The van der Waals surface area contributed by atoms with Crippen LogP contribution in [-0.2, 0) is 4.79 Å². The summed E-state index contributed by atoms with van der Waals surface area (Å²) in [6.45, 7) is 1.88. The maximum atomic E-state index is 13.1. The third kappa shape index (κ3) is 5.17. The number of amides is 1. The summed E-state index contributed by atoms with van der Waals surface area (Å²) in [5.74, 6) is -0.225. The van der Waals surface area contributed by atoms with Crippen LogP contribution in [0.15, 0.2) is 71.1 Å². The number of thiazole rings is 1. The number of rotatable bonds is 7. The smallest absolute Gasteiger partial charge is 0.239 e. The van der Waals surface area contributed by atoms with Crippen LogP contribution in [0.2, 0.25) is 0 Å². The average Bonchev–Trinajstić information content (AvgIpc) is 3.36. The molecule has 7 nitrogen and oxygen atoms in total. The van der Waals surface area contributed by atoms with Gasteiger partial charge in [0, 0.05) is 16.5 Å². The van der Waals surface area contributed by atoms with Crippen molar-refractivity contribution in [2.24, 2.45) is 0 Å². The first-order valence-corrected chi connectivity index (χ1v) is 12.5. The van der Waals surface area contributed by atoms with Gasteiger partial charge in [-0.15, -0.1) is 11.3 Å². The summed E-state index contributed by atoms with van der Waals surface area (Å²) in [5, 5.41) is 24.7. The zero-order valence-electron chi connectivity index (χ0n) is 18.7. The normalized spacial score (nSPS) is 11.3. The number of aromatic nitrogens is 2. The van der Waals surface area contributed by atoms with Crippen molar-refractivity contribution in [2.75, 3.05) is 11.1 Å². The average molecular weight is 497 g/mol.